The van der Waals surface area contributed by atoms with Gasteiger partial charge in [0.1, 0.15) is 0 Å². The molecule has 1 amide bonds. The molecule has 2 bridgehead atoms. The zero-order valence-corrected chi connectivity index (χ0v) is 12.8. The highest BCUT2D eigenvalue weighted by Gasteiger charge is 2.51. The Morgan fingerprint density at radius 3 is 2.41 bits per heavy atom. The van der Waals surface area contributed by atoms with E-state index in [1.54, 1.807) is 0 Å². The molecule has 0 heterocycles. The number of carbonyl (C=O) groups excluding carboxylic acids is 1. The molecule has 0 aliphatic heterocycles. The molecular weight excluding hydrogens is 302 g/mol. The lowest BCUT2D eigenvalue weighted by Crippen LogP contribution is -2.40. The fourth-order valence-corrected chi connectivity index (χ4v) is 3.74. The summed E-state index contributed by atoms with van der Waals surface area (Å²) in [6, 6.07) is 7.49. The molecule has 22 heavy (non-hydrogen) atoms. The average molecular weight is 320 g/mol. The van der Waals surface area contributed by atoms with Gasteiger partial charge in [-0.05, 0) is 42.4 Å². The number of carboxylic acid groups (broad SMARTS) is 1. The zero-order valence-electron chi connectivity index (χ0n) is 12.0. The normalized spacial score (nSPS) is 28.8. The number of aliphatic carboxylic acids is 1. The van der Waals surface area contributed by atoms with Crippen LogP contribution < -0.4 is 5.32 Å². The molecular formula is C17H18ClNO3. The molecule has 0 spiro atoms. The summed E-state index contributed by atoms with van der Waals surface area (Å²) < 4.78 is 0. The maximum atomic E-state index is 12.4. The van der Waals surface area contributed by atoms with Crippen LogP contribution in [0.15, 0.2) is 36.4 Å². The Bertz CT molecular complexity index is 611. The fraction of sp³-hybridized carbons (Fsp3) is 0.412. The number of nitrogens with one attached hydrogen (secondary N) is 1. The first kappa shape index (κ1) is 15.1. The third-order valence-electron chi connectivity index (χ3n) is 4.67. The van der Waals surface area contributed by atoms with Crippen molar-refractivity contribution >= 4 is 23.5 Å². The smallest absolute Gasteiger partial charge is 0.307 e. The summed E-state index contributed by atoms with van der Waals surface area (Å²) in [6.07, 6.45) is 5.43. The Labute approximate surface area is 134 Å². The molecule has 4 nitrogen and oxygen atoms in total. The van der Waals surface area contributed by atoms with Crippen LogP contribution in [0.2, 0.25) is 5.02 Å². The van der Waals surface area contributed by atoms with Crippen molar-refractivity contribution in [2.24, 2.45) is 23.7 Å². The van der Waals surface area contributed by atoms with Gasteiger partial charge in [0, 0.05) is 11.6 Å². The molecule has 0 unspecified atom stereocenters. The predicted octanol–water partition coefficient (Wildman–Crippen LogP) is 2.52. The standard InChI is InChI=1S/C17H18ClNO3/c18-13-5-1-10(2-6-13)7-8-19-16(20)14-11-3-4-12(9-11)15(14)17(21)22/h1-6,11-12,14-15H,7-9H2,(H,19,20)(H,21,22)/t11-,12+,14-,15+/m0/s1. The first-order chi connectivity index (χ1) is 10.6. The molecule has 1 fully saturated rings. The Kier molecular flexibility index (Phi) is 4.21. The van der Waals surface area contributed by atoms with Gasteiger partial charge in [-0.1, -0.05) is 35.9 Å². The fourth-order valence-electron chi connectivity index (χ4n) is 3.62. The van der Waals surface area contributed by atoms with Gasteiger partial charge < -0.3 is 10.4 Å². The van der Waals surface area contributed by atoms with E-state index in [-0.39, 0.29) is 17.7 Å². The number of halogens is 1. The summed E-state index contributed by atoms with van der Waals surface area (Å²) in [7, 11) is 0. The molecule has 2 aliphatic rings. The number of allylic oxidation sites excluding steroid dienone is 2. The lowest BCUT2D eigenvalue weighted by molar-refractivity contribution is -0.147. The van der Waals surface area contributed by atoms with E-state index in [1.165, 1.54) is 0 Å². The molecule has 1 aromatic rings. The number of fused-ring (bicyclic) bond motifs is 2. The van der Waals surface area contributed by atoms with Crippen LogP contribution in [0.25, 0.3) is 0 Å². The first-order valence-corrected chi connectivity index (χ1v) is 7.87. The van der Waals surface area contributed by atoms with Crippen LogP contribution in [0.4, 0.5) is 0 Å². The second-order valence-corrected chi connectivity index (χ2v) is 6.44. The van der Waals surface area contributed by atoms with Crippen molar-refractivity contribution in [3.05, 3.63) is 47.0 Å². The van der Waals surface area contributed by atoms with E-state index in [4.69, 9.17) is 11.6 Å². The van der Waals surface area contributed by atoms with Crippen LogP contribution in [0.5, 0.6) is 0 Å². The molecule has 0 aromatic heterocycles. The van der Waals surface area contributed by atoms with E-state index in [0.29, 0.717) is 18.0 Å². The Hall–Kier alpha value is -1.81. The summed E-state index contributed by atoms with van der Waals surface area (Å²) in [6.45, 7) is 0.504. The van der Waals surface area contributed by atoms with E-state index >= 15 is 0 Å². The van der Waals surface area contributed by atoms with Crippen LogP contribution in [-0.4, -0.2) is 23.5 Å². The van der Waals surface area contributed by atoms with Gasteiger partial charge in [-0.25, -0.2) is 0 Å². The van der Waals surface area contributed by atoms with Gasteiger partial charge in [-0.3, -0.25) is 9.59 Å². The number of carboxylic acids is 1. The molecule has 0 radical (unpaired) electrons. The molecule has 0 saturated heterocycles. The predicted molar refractivity (Wildman–Crippen MR) is 83.5 cm³/mol. The van der Waals surface area contributed by atoms with Crippen LogP contribution in [0, 0.1) is 23.7 Å². The lowest BCUT2D eigenvalue weighted by atomic mass is 9.82. The number of hydrogen-bond donors (Lipinski definition) is 2. The minimum atomic E-state index is -0.866. The maximum absolute atomic E-state index is 12.4. The molecule has 4 atom stereocenters. The molecule has 3 rings (SSSR count). The summed E-state index contributed by atoms with van der Waals surface area (Å²) >= 11 is 5.83. The molecule has 1 saturated carbocycles. The van der Waals surface area contributed by atoms with Gasteiger partial charge in [0.2, 0.25) is 5.91 Å². The third-order valence-corrected chi connectivity index (χ3v) is 4.93. The van der Waals surface area contributed by atoms with E-state index in [9.17, 15) is 14.7 Å². The molecule has 116 valence electrons. The summed E-state index contributed by atoms with van der Waals surface area (Å²) in [4.78, 5) is 23.8. The second-order valence-electron chi connectivity index (χ2n) is 6.01. The Morgan fingerprint density at radius 2 is 1.77 bits per heavy atom. The second kappa shape index (κ2) is 6.13. The van der Waals surface area contributed by atoms with E-state index < -0.39 is 17.8 Å². The summed E-state index contributed by atoms with van der Waals surface area (Å²) in [5.74, 6) is -1.94. The van der Waals surface area contributed by atoms with Crippen LogP contribution in [0.3, 0.4) is 0 Å². The van der Waals surface area contributed by atoms with Gasteiger partial charge in [0.25, 0.3) is 0 Å². The maximum Gasteiger partial charge on any atom is 0.307 e. The summed E-state index contributed by atoms with van der Waals surface area (Å²) in [5, 5.41) is 12.9. The van der Waals surface area contributed by atoms with Crippen LogP contribution in [0.1, 0.15) is 12.0 Å². The minimum absolute atomic E-state index is 0.00881. The zero-order chi connectivity index (χ0) is 15.7. The van der Waals surface area contributed by atoms with Crippen molar-refractivity contribution in [2.75, 3.05) is 6.54 Å². The van der Waals surface area contributed by atoms with Crippen molar-refractivity contribution in [1.29, 1.82) is 0 Å². The molecule has 2 N–H and O–H groups in total. The first-order valence-electron chi connectivity index (χ1n) is 7.49. The van der Waals surface area contributed by atoms with Crippen molar-refractivity contribution in [3.8, 4) is 0 Å². The minimum Gasteiger partial charge on any atom is -0.481 e. The van der Waals surface area contributed by atoms with Gasteiger partial charge >= 0.3 is 5.97 Å². The highest BCUT2D eigenvalue weighted by Crippen LogP contribution is 2.48. The lowest BCUT2D eigenvalue weighted by Gasteiger charge is -2.23. The molecule has 1 aromatic carbocycles. The van der Waals surface area contributed by atoms with Gasteiger partial charge in [0.15, 0.2) is 0 Å². The summed E-state index contributed by atoms with van der Waals surface area (Å²) in [5.41, 5.74) is 1.09. The largest absolute Gasteiger partial charge is 0.481 e. The molecule has 2 aliphatic carbocycles. The van der Waals surface area contributed by atoms with Crippen LogP contribution >= 0.6 is 11.6 Å². The SMILES string of the molecule is O=C(NCCc1ccc(Cl)cc1)[C@@H]1[C@H](C(=O)O)[C@@H]2C=C[C@H]1C2. The van der Waals surface area contributed by atoms with E-state index in [2.05, 4.69) is 5.32 Å². The third kappa shape index (κ3) is 2.88. The topological polar surface area (TPSA) is 66.4 Å². The monoisotopic (exact) mass is 319 g/mol. The number of hydrogen-bond acceptors (Lipinski definition) is 2. The van der Waals surface area contributed by atoms with Gasteiger partial charge in [-0.15, -0.1) is 0 Å². The number of benzene rings is 1. The Balaban J connectivity index is 1.56. The van der Waals surface area contributed by atoms with E-state index in [0.717, 1.165) is 12.0 Å². The average Bonchev–Trinajstić information content (AvgIpc) is 3.09. The highest BCUT2D eigenvalue weighted by molar-refractivity contribution is 6.30. The van der Waals surface area contributed by atoms with Crippen LogP contribution in [-0.2, 0) is 16.0 Å². The van der Waals surface area contributed by atoms with Crippen molar-refractivity contribution in [2.45, 2.75) is 12.8 Å². The number of amides is 1. The quantitative estimate of drug-likeness (QED) is 0.820. The van der Waals surface area contributed by atoms with Crippen molar-refractivity contribution in [3.63, 3.8) is 0 Å². The number of carbonyl (C=O) groups is 2. The number of rotatable bonds is 5. The van der Waals surface area contributed by atoms with Gasteiger partial charge in [-0.2, -0.15) is 0 Å². The molecule has 5 heteroatoms. The highest BCUT2D eigenvalue weighted by atomic mass is 35.5. The van der Waals surface area contributed by atoms with Crippen molar-refractivity contribution < 1.29 is 14.7 Å². The van der Waals surface area contributed by atoms with Gasteiger partial charge in [0.05, 0.1) is 11.8 Å². The van der Waals surface area contributed by atoms with Crippen molar-refractivity contribution in [1.82, 2.24) is 5.32 Å². The van der Waals surface area contributed by atoms with E-state index in [1.807, 2.05) is 36.4 Å². The Morgan fingerprint density at radius 1 is 1.14 bits per heavy atom.